The minimum Gasteiger partial charge on any atom is -0.374 e. The predicted octanol–water partition coefficient (Wildman–Crippen LogP) is 2.46. The van der Waals surface area contributed by atoms with Crippen molar-refractivity contribution in [2.45, 2.75) is 38.8 Å². The molecule has 1 aromatic rings. The Kier molecular flexibility index (Phi) is 6.61. The van der Waals surface area contributed by atoms with Crippen molar-refractivity contribution in [3.8, 4) is 0 Å². The molecule has 1 fully saturated rings. The Bertz CT molecular complexity index is 408. The Morgan fingerprint density at radius 2 is 2.10 bits per heavy atom. The Hall–Kier alpha value is -0.970. The van der Waals surface area contributed by atoms with Gasteiger partial charge in [0.1, 0.15) is 5.82 Å². The molecule has 0 aromatic heterocycles. The molecule has 3 nitrogen and oxygen atoms in total. The molecular weight excluding hydrogens is 267 g/mol. The number of rotatable bonds is 7. The van der Waals surface area contributed by atoms with Gasteiger partial charge in [0.2, 0.25) is 0 Å². The monoisotopic (exact) mass is 294 g/mol. The number of halogens is 1. The van der Waals surface area contributed by atoms with Gasteiger partial charge in [-0.3, -0.25) is 4.90 Å². The van der Waals surface area contributed by atoms with Crippen LogP contribution >= 0.6 is 0 Å². The lowest BCUT2D eigenvalue weighted by molar-refractivity contribution is -0.0459. The highest BCUT2D eigenvalue weighted by atomic mass is 19.1. The van der Waals surface area contributed by atoms with Gasteiger partial charge in [-0.2, -0.15) is 0 Å². The number of ether oxygens (including phenoxy) is 1. The fraction of sp³-hybridized carbons (Fsp3) is 0.647. The second kappa shape index (κ2) is 8.47. The van der Waals surface area contributed by atoms with Crippen molar-refractivity contribution < 1.29 is 9.13 Å². The van der Waals surface area contributed by atoms with Crippen molar-refractivity contribution in [3.63, 3.8) is 0 Å². The first-order valence-corrected chi connectivity index (χ1v) is 8.04. The Morgan fingerprint density at radius 1 is 1.33 bits per heavy atom. The van der Waals surface area contributed by atoms with Crippen LogP contribution in [0.3, 0.4) is 0 Å². The number of nitrogens with zero attached hydrogens (tertiary/aromatic N) is 1. The summed E-state index contributed by atoms with van der Waals surface area (Å²) in [5.74, 6) is -0.179. The van der Waals surface area contributed by atoms with Crippen molar-refractivity contribution in [2.24, 2.45) is 0 Å². The standard InChI is InChI=1S/C17H27FN2O/c1-3-9-20-10-11-21-17(13-20)16(19-4-2)12-14-5-7-15(18)8-6-14/h5-8,16-17,19H,3-4,9-13H2,1-2H3. The van der Waals surface area contributed by atoms with E-state index < -0.39 is 0 Å². The molecule has 1 N–H and O–H groups in total. The normalized spacial score (nSPS) is 21.4. The van der Waals surface area contributed by atoms with Gasteiger partial charge in [0.25, 0.3) is 0 Å². The average Bonchev–Trinajstić information content (AvgIpc) is 2.50. The third kappa shape index (κ3) is 5.06. The highest BCUT2D eigenvalue weighted by molar-refractivity contribution is 5.17. The number of nitrogens with one attached hydrogen (secondary N) is 1. The van der Waals surface area contributed by atoms with E-state index in [2.05, 4.69) is 24.1 Å². The molecule has 1 aliphatic heterocycles. The molecule has 0 aliphatic carbocycles. The van der Waals surface area contributed by atoms with Crippen molar-refractivity contribution in [1.29, 1.82) is 0 Å². The lowest BCUT2D eigenvalue weighted by Gasteiger charge is -2.37. The van der Waals surface area contributed by atoms with E-state index in [1.807, 2.05) is 12.1 Å². The van der Waals surface area contributed by atoms with Gasteiger partial charge in [-0.25, -0.2) is 4.39 Å². The molecule has 118 valence electrons. The quantitative estimate of drug-likeness (QED) is 0.836. The lowest BCUT2D eigenvalue weighted by atomic mass is 9.99. The molecular formula is C17H27FN2O. The molecule has 0 saturated carbocycles. The predicted molar refractivity (Wildman–Crippen MR) is 84.0 cm³/mol. The zero-order chi connectivity index (χ0) is 15.1. The van der Waals surface area contributed by atoms with E-state index in [-0.39, 0.29) is 18.0 Å². The third-order valence-corrected chi connectivity index (χ3v) is 4.00. The van der Waals surface area contributed by atoms with Crippen LogP contribution in [0.15, 0.2) is 24.3 Å². The Labute approximate surface area is 127 Å². The smallest absolute Gasteiger partial charge is 0.123 e. The second-order valence-electron chi connectivity index (χ2n) is 5.70. The molecule has 1 saturated heterocycles. The van der Waals surface area contributed by atoms with Gasteiger partial charge in [-0.1, -0.05) is 26.0 Å². The molecule has 1 aromatic carbocycles. The van der Waals surface area contributed by atoms with Crippen LogP contribution in [-0.2, 0) is 11.2 Å². The van der Waals surface area contributed by atoms with Crippen LogP contribution < -0.4 is 5.32 Å². The maximum atomic E-state index is 13.0. The largest absolute Gasteiger partial charge is 0.374 e. The zero-order valence-electron chi connectivity index (χ0n) is 13.1. The van der Waals surface area contributed by atoms with Gasteiger partial charge in [-0.05, 0) is 43.6 Å². The molecule has 1 heterocycles. The van der Waals surface area contributed by atoms with E-state index in [1.54, 1.807) is 0 Å². The summed E-state index contributed by atoms with van der Waals surface area (Å²) in [6.45, 7) is 9.19. The molecule has 2 atom stereocenters. The van der Waals surface area contributed by atoms with Crippen LogP contribution in [0, 0.1) is 5.82 Å². The average molecular weight is 294 g/mol. The van der Waals surface area contributed by atoms with Gasteiger partial charge in [0, 0.05) is 19.1 Å². The third-order valence-electron chi connectivity index (χ3n) is 4.00. The summed E-state index contributed by atoms with van der Waals surface area (Å²) in [4.78, 5) is 2.48. The maximum absolute atomic E-state index is 13.0. The molecule has 4 heteroatoms. The van der Waals surface area contributed by atoms with E-state index in [0.29, 0.717) is 0 Å². The minimum absolute atomic E-state index is 0.179. The fourth-order valence-electron chi connectivity index (χ4n) is 2.97. The van der Waals surface area contributed by atoms with Gasteiger partial charge >= 0.3 is 0 Å². The summed E-state index contributed by atoms with van der Waals surface area (Å²) in [7, 11) is 0. The van der Waals surface area contributed by atoms with Crippen LogP contribution in [0.2, 0.25) is 0 Å². The highest BCUT2D eigenvalue weighted by Crippen LogP contribution is 2.14. The molecule has 0 amide bonds. The summed E-state index contributed by atoms with van der Waals surface area (Å²) in [5, 5.41) is 3.53. The number of morpholine rings is 1. The van der Waals surface area contributed by atoms with Crippen molar-refractivity contribution in [1.82, 2.24) is 10.2 Å². The van der Waals surface area contributed by atoms with E-state index in [1.165, 1.54) is 18.6 Å². The van der Waals surface area contributed by atoms with Crippen LogP contribution in [-0.4, -0.2) is 49.8 Å². The fourth-order valence-corrected chi connectivity index (χ4v) is 2.97. The molecule has 0 bridgehead atoms. The SMILES string of the molecule is CCCN1CCOC(C(Cc2ccc(F)cc2)NCC)C1. The van der Waals surface area contributed by atoms with Crippen molar-refractivity contribution >= 4 is 0 Å². The maximum Gasteiger partial charge on any atom is 0.123 e. The summed E-state index contributed by atoms with van der Waals surface area (Å²) in [5.41, 5.74) is 1.15. The first kappa shape index (κ1) is 16.4. The summed E-state index contributed by atoms with van der Waals surface area (Å²) >= 11 is 0. The van der Waals surface area contributed by atoms with Crippen LogP contribution in [0.4, 0.5) is 4.39 Å². The lowest BCUT2D eigenvalue weighted by Crippen LogP contribution is -2.53. The molecule has 0 radical (unpaired) electrons. The van der Waals surface area contributed by atoms with E-state index >= 15 is 0 Å². The Morgan fingerprint density at radius 3 is 2.76 bits per heavy atom. The molecule has 0 spiro atoms. The highest BCUT2D eigenvalue weighted by Gasteiger charge is 2.27. The van der Waals surface area contributed by atoms with E-state index in [9.17, 15) is 4.39 Å². The van der Waals surface area contributed by atoms with Gasteiger partial charge < -0.3 is 10.1 Å². The van der Waals surface area contributed by atoms with Crippen LogP contribution in [0.25, 0.3) is 0 Å². The van der Waals surface area contributed by atoms with Gasteiger partial charge in [-0.15, -0.1) is 0 Å². The van der Waals surface area contributed by atoms with Gasteiger partial charge in [0.15, 0.2) is 0 Å². The van der Waals surface area contributed by atoms with E-state index in [4.69, 9.17) is 4.74 Å². The summed E-state index contributed by atoms with van der Waals surface area (Å²) in [6, 6.07) is 7.08. The minimum atomic E-state index is -0.179. The van der Waals surface area contributed by atoms with Crippen molar-refractivity contribution in [3.05, 3.63) is 35.6 Å². The van der Waals surface area contributed by atoms with Gasteiger partial charge in [0.05, 0.1) is 12.7 Å². The molecule has 2 unspecified atom stereocenters. The summed E-state index contributed by atoms with van der Waals surface area (Å²) < 4.78 is 19.0. The second-order valence-corrected chi connectivity index (χ2v) is 5.70. The van der Waals surface area contributed by atoms with Crippen LogP contribution in [0.5, 0.6) is 0 Å². The summed E-state index contributed by atoms with van der Waals surface area (Å²) in [6.07, 6.45) is 2.25. The molecule has 21 heavy (non-hydrogen) atoms. The first-order valence-electron chi connectivity index (χ1n) is 8.04. The van der Waals surface area contributed by atoms with Crippen LogP contribution in [0.1, 0.15) is 25.8 Å². The zero-order valence-corrected chi connectivity index (χ0v) is 13.1. The number of benzene rings is 1. The molecule has 2 rings (SSSR count). The number of likely N-dealkylation sites (N-methyl/N-ethyl adjacent to an activating group) is 1. The van der Waals surface area contributed by atoms with E-state index in [0.717, 1.165) is 44.8 Å². The first-order chi connectivity index (χ1) is 10.2. The Balaban J connectivity index is 1.98. The van der Waals surface area contributed by atoms with Crippen molar-refractivity contribution in [2.75, 3.05) is 32.8 Å². The molecule has 1 aliphatic rings. The topological polar surface area (TPSA) is 24.5 Å². The number of hydrogen-bond donors (Lipinski definition) is 1. The number of hydrogen-bond acceptors (Lipinski definition) is 3.